The summed E-state index contributed by atoms with van der Waals surface area (Å²) in [7, 11) is -2.16. The molecule has 0 aliphatic carbocycles. The number of hydrogen-bond acceptors (Lipinski definition) is 4. The Labute approximate surface area is 131 Å². The zero-order valence-corrected chi connectivity index (χ0v) is 13.8. The molecule has 2 unspecified atom stereocenters. The Morgan fingerprint density at radius 1 is 1.48 bits per heavy atom. The number of sulfonamides is 1. The fourth-order valence-corrected chi connectivity index (χ4v) is 4.45. The molecule has 0 saturated carbocycles. The first kappa shape index (κ1) is 16.5. The van der Waals surface area contributed by atoms with Crippen LogP contribution in [0.25, 0.3) is 0 Å². The Bertz CT molecular complexity index is 606. The first-order chi connectivity index (χ1) is 9.90. The maximum atomic E-state index is 12.8. The Kier molecular flexibility index (Phi) is 5.14. The van der Waals surface area contributed by atoms with Gasteiger partial charge in [-0.15, -0.1) is 0 Å². The molecule has 0 aromatic heterocycles. The van der Waals surface area contributed by atoms with Gasteiger partial charge in [-0.25, -0.2) is 8.42 Å². The van der Waals surface area contributed by atoms with Gasteiger partial charge in [0.1, 0.15) is 10.6 Å². The summed E-state index contributed by atoms with van der Waals surface area (Å²) in [4.78, 5) is 0.153. The highest BCUT2D eigenvalue weighted by molar-refractivity contribution is 7.89. The molecule has 1 aliphatic heterocycles. The summed E-state index contributed by atoms with van der Waals surface area (Å²) in [5.41, 5.74) is 5.75. The molecule has 1 fully saturated rings. The third-order valence-corrected chi connectivity index (χ3v) is 6.26. The number of nitrogens with two attached hydrogens (primary N) is 1. The van der Waals surface area contributed by atoms with Gasteiger partial charge in [-0.3, -0.25) is 0 Å². The van der Waals surface area contributed by atoms with E-state index >= 15 is 0 Å². The van der Waals surface area contributed by atoms with Gasteiger partial charge in [0.25, 0.3) is 0 Å². The topological polar surface area (TPSA) is 72.6 Å². The molecule has 2 rings (SSSR count). The zero-order valence-electron chi connectivity index (χ0n) is 12.3. The highest BCUT2D eigenvalue weighted by atomic mass is 35.5. The minimum Gasteiger partial charge on any atom is -0.495 e. The number of rotatable bonds is 4. The molecule has 1 aromatic carbocycles. The van der Waals surface area contributed by atoms with E-state index in [9.17, 15) is 8.42 Å². The van der Waals surface area contributed by atoms with Crippen molar-refractivity contribution in [1.82, 2.24) is 4.31 Å². The van der Waals surface area contributed by atoms with E-state index in [1.165, 1.54) is 23.5 Å². The summed E-state index contributed by atoms with van der Waals surface area (Å²) in [6, 6.07) is 4.57. The molecular weight excluding hydrogens is 312 g/mol. The average Bonchev–Trinajstić information content (AvgIpc) is 2.47. The minimum atomic E-state index is -3.59. The van der Waals surface area contributed by atoms with Crippen LogP contribution in [0, 0.1) is 11.8 Å². The van der Waals surface area contributed by atoms with Crippen molar-refractivity contribution in [3.63, 3.8) is 0 Å². The van der Waals surface area contributed by atoms with Crippen molar-refractivity contribution in [2.45, 2.75) is 18.2 Å². The van der Waals surface area contributed by atoms with Gasteiger partial charge in [-0.2, -0.15) is 4.31 Å². The van der Waals surface area contributed by atoms with Crippen LogP contribution in [0.2, 0.25) is 5.02 Å². The van der Waals surface area contributed by atoms with E-state index < -0.39 is 10.0 Å². The Balaban J connectivity index is 2.34. The van der Waals surface area contributed by atoms with Crippen molar-refractivity contribution in [3.05, 3.63) is 23.2 Å². The molecule has 1 heterocycles. The van der Waals surface area contributed by atoms with Crippen molar-refractivity contribution in [2.24, 2.45) is 17.6 Å². The van der Waals surface area contributed by atoms with Crippen molar-refractivity contribution >= 4 is 21.6 Å². The monoisotopic (exact) mass is 332 g/mol. The fraction of sp³-hybridized carbons (Fsp3) is 0.571. The van der Waals surface area contributed by atoms with Gasteiger partial charge < -0.3 is 10.5 Å². The molecule has 0 radical (unpaired) electrons. The van der Waals surface area contributed by atoms with E-state index in [1.807, 2.05) is 0 Å². The number of benzene rings is 1. The number of nitrogens with zero attached hydrogens (tertiary/aromatic N) is 1. The maximum absolute atomic E-state index is 12.8. The van der Waals surface area contributed by atoms with Crippen LogP contribution in [0.5, 0.6) is 5.75 Å². The molecule has 0 spiro atoms. The number of piperidine rings is 1. The Morgan fingerprint density at radius 3 is 2.81 bits per heavy atom. The lowest BCUT2D eigenvalue weighted by molar-refractivity contribution is 0.203. The van der Waals surface area contributed by atoms with E-state index in [1.54, 1.807) is 6.07 Å². The lowest BCUT2D eigenvalue weighted by Crippen LogP contribution is -2.45. The van der Waals surface area contributed by atoms with Gasteiger partial charge in [0.15, 0.2) is 0 Å². The van der Waals surface area contributed by atoms with Gasteiger partial charge in [-0.1, -0.05) is 18.5 Å². The number of methoxy groups -OCH3 is 1. The third-order valence-electron chi connectivity index (χ3n) is 4.12. The van der Waals surface area contributed by atoms with Gasteiger partial charge in [0.05, 0.1) is 7.11 Å². The molecule has 118 valence electrons. The molecule has 2 N–H and O–H groups in total. The number of halogens is 1. The minimum absolute atomic E-state index is 0.153. The van der Waals surface area contributed by atoms with Crippen molar-refractivity contribution in [3.8, 4) is 5.75 Å². The summed E-state index contributed by atoms with van der Waals surface area (Å²) >= 11 is 5.89. The fourth-order valence-electron chi connectivity index (χ4n) is 2.63. The second kappa shape index (κ2) is 6.52. The molecule has 1 aliphatic rings. The largest absolute Gasteiger partial charge is 0.495 e. The van der Waals surface area contributed by atoms with Crippen molar-refractivity contribution in [1.29, 1.82) is 0 Å². The Morgan fingerprint density at radius 2 is 2.19 bits per heavy atom. The van der Waals surface area contributed by atoms with Gasteiger partial charge in [0.2, 0.25) is 10.0 Å². The van der Waals surface area contributed by atoms with Crippen LogP contribution in [-0.2, 0) is 10.0 Å². The first-order valence-electron chi connectivity index (χ1n) is 6.94. The van der Waals surface area contributed by atoms with Crippen molar-refractivity contribution < 1.29 is 13.2 Å². The van der Waals surface area contributed by atoms with Crippen molar-refractivity contribution in [2.75, 3.05) is 26.7 Å². The van der Waals surface area contributed by atoms with E-state index in [4.69, 9.17) is 22.1 Å². The quantitative estimate of drug-likeness (QED) is 0.914. The van der Waals surface area contributed by atoms with E-state index in [0.717, 1.165) is 6.42 Å². The predicted molar refractivity (Wildman–Crippen MR) is 83.1 cm³/mol. The van der Waals surface area contributed by atoms with E-state index in [2.05, 4.69) is 6.92 Å². The van der Waals surface area contributed by atoms with Gasteiger partial charge in [-0.05, 0) is 36.9 Å². The second-order valence-electron chi connectivity index (χ2n) is 5.42. The average molecular weight is 333 g/mol. The van der Waals surface area contributed by atoms with Crippen LogP contribution < -0.4 is 10.5 Å². The van der Waals surface area contributed by atoms with Crippen LogP contribution in [0.4, 0.5) is 0 Å². The van der Waals surface area contributed by atoms with Crippen LogP contribution in [-0.4, -0.2) is 39.5 Å². The molecule has 1 saturated heterocycles. The van der Waals surface area contributed by atoms with E-state index in [-0.39, 0.29) is 16.6 Å². The summed E-state index contributed by atoms with van der Waals surface area (Å²) in [6.07, 6.45) is 0.816. The molecular formula is C14H21ClN2O3S. The predicted octanol–water partition coefficient (Wildman–Crippen LogP) is 1.95. The normalized spacial score (nSPS) is 24.0. The van der Waals surface area contributed by atoms with Crippen LogP contribution in [0.1, 0.15) is 13.3 Å². The number of ether oxygens (including phenoxy) is 1. The zero-order chi connectivity index (χ0) is 15.6. The molecule has 0 bridgehead atoms. The highest BCUT2D eigenvalue weighted by Crippen LogP contribution is 2.32. The number of hydrogen-bond donors (Lipinski definition) is 1. The molecule has 21 heavy (non-hydrogen) atoms. The Hall–Kier alpha value is -0.820. The standard InChI is InChI=1S/C14H21ClN2O3S/c1-10-5-6-17(9-11(10)8-16)21(18,19)14-4-3-12(15)7-13(14)20-2/h3-4,7,10-11H,5-6,8-9,16H2,1-2H3. The lowest BCUT2D eigenvalue weighted by atomic mass is 9.88. The molecule has 0 amide bonds. The van der Waals surface area contributed by atoms with Gasteiger partial charge >= 0.3 is 0 Å². The van der Waals surface area contributed by atoms with Crippen LogP contribution >= 0.6 is 11.6 Å². The van der Waals surface area contributed by atoms with E-state index in [0.29, 0.717) is 30.6 Å². The summed E-state index contributed by atoms with van der Waals surface area (Å²) in [5, 5.41) is 0.443. The lowest BCUT2D eigenvalue weighted by Gasteiger charge is -2.35. The van der Waals surface area contributed by atoms with Gasteiger partial charge in [0, 0.05) is 24.2 Å². The molecule has 5 nitrogen and oxygen atoms in total. The van der Waals surface area contributed by atoms with Crippen LogP contribution in [0.15, 0.2) is 23.1 Å². The maximum Gasteiger partial charge on any atom is 0.246 e. The molecule has 7 heteroatoms. The summed E-state index contributed by atoms with van der Waals surface area (Å²) < 4.78 is 32.3. The first-order valence-corrected chi connectivity index (χ1v) is 8.75. The van der Waals surface area contributed by atoms with Crippen LogP contribution in [0.3, 0.4) is 0 Å². The highest BCUT2D eigenvalue weighted by Gasteiger charge is 2.34. The molecule has 1 aromatic rings. The second-order valence-corrected chi connectivity index (χ2v) is 7.76. The smallest absolute Gasteiger partial charge is 0.246 e. The SMILES string of the molecule is COc1cc(Cl)ccc1S(=O)(=O)N1CCC(C)C(CN)C1. The molecule has 2 atom stereocenters. The summed E-state index contributed by atoms with van der Waals surface area (Å²) in [5.74, 6) is 0.894. The summed E-state index contributed by atoms with van der Waals surface area (Å²) in [6.45, 7) is 3.56. The third kappa shape index (κ3) is 3.34.